The van der Waals surface area contributed by atoms with Crippen molar-refractivity contribution in [3.63, 3.8) is 0 Å². The summed E-state index contributed by atoms with van der Waals surface area (Å²) in [5, 5.41) is 6.45. The number of nitrogens with one attached hydrogen (secondary N) is 2. The molecule has 2 aromatic rings. The van der Waals surface area contributed by atoms with E-state index in [1.807, 2.05) is 24.3 Å². The van der Waals surface area contributed by atoms with Crippen LogP contribution >= 0.6 is 0 Å². The van der Waals surface area contributed by atoms with Crippen LogP contribution in [0.15, 0.2) is 48.5 Å². The lowest BCUT2D eigenvalue weighted by Gasteiger charge is -2.38. The molecular weight excluding hydrogens is 410 g/mol. The average Bonchev–Trinajstić information content (AvgIpc) is 3.69. The zero-order valence-electron chi connectivity index (χ0n) is 19.7. The van der Waals surface area contributed by atoms with Crippen LogP contribution in [0, 0.1) is 17.8 Å². The van der Waals surface area contributed by atoms with Crippen molar-refractivity contribution >= 4 is 17.5 Å². The standard InChI is InChI=1S/C28H35N3O2/c1-18(2)20-9-11-21(12-10-20)26(30-27(32)22-13-14-22)24-5-3-4-6-25(24)29-28(33)23-16-31(17-23)15-19-7-8-19/h3-6,9-12,18-19,22-23,26H,7-8,13-17H2,1-2H3,(H,29,33)(H,30,32)/t26-/m1/s1. The van der Waals surface area contributed by atoms with Gasteiger partial charge in [-0.3, -0.25) is 9.59 Å². The highest BCUT2D eigenvalue weighted by Crippen LogP contribution is 2.35. The number of rotatable bonds is 9. The maximum absolute atomic E-state index is 13.0. The third-order valence-electron chi connectivity index (χ3n) is 7.24. The van der Waals surface area contributed by atoms with Crippen LogP contribution in [0.1, 0.15) is 68.2 Å². The number of amides is 2. The van der Waals surface area contributed by atoms with E-state index >= 15 is 0 Å². The number of para-hydroxylation sites is 1. The molecule has 2 amide bonds. The zero-order chi connectivity index (χ0) is 22.9. The second-order valence-corrected chi connectivity index (χ2v) is 10.5. The fraction of sp³-hybridized carbons (Fsp3) is 0.500. The van der Waals surface area contributed by atoms with Gasteiger partial charge in [-0.15, -0.1) is 0 Å². The van der Waals surface area contributed by atoms with Crippen molar-refractivity contribution in [3.05, 3.63) is 65.2 Å². The summed E-state index contributed by atoms with van der Waals surface area (Å²) in [5.41, 5.74) is 4.03. The van der Waals surface area contributed by atoms with Crippen molar-refractivity contribution < 1.29 is 9.59 Å². The number of hydrogen-bond donors (Lipinski definition) is 2. The molecule has 0 aromatic heterocycles. The van der Waals surface area contributed by atoms with Gasteiger partial charge in [-0.1, -0.05) is 56.3 Å². The summed E-state index contributed by atoms with van der Waals surface area (Å²) in [7, 11) is 0. The van der Waals surface area contributed by atoms with Crippen molar-refractivity contribution in [1.82, 2.24) is 10.2 Å². The van der Waals surface area contributed by atoms with E-state index in [1.165, 1.54) is 18.4 Å². The summed E-state index contributed by atoms with van der Waals surface area (Å²) in [4.78, 5) is 28.1. The fourth-order valence-electron chi connectivity index (χ4n) is 4.67. The molecule has 2 N–H and O–H groups in total. The SMILES string of the molecule is CC(C)c1ccc([C@@H](NC(=O)C2CC2)c2ccccc2NC(=O)C2CN(CC3CC3)C2)cc1. The van der Waals surface area contributed by atoms with E-state index in [0.29, 0.717) is 5.92 Å². The molecule has 174 valence electrons. The summed E-state index contributed by atoms with van der Waals surface area (Å²) in [6.45, 7) is 7.20. The Morgan fingerprint density at radius 1 is 0.879 bits per heavy atom. The number of carbonyl (C=O) groups is 2. The minimum atomic E-state index is -0.288. The lowest BCUT2D eigenvalue weighted by molar-refractivity contribution is -0.125. The highest BCUT2D eigenvalue weighted by atomic mass is 16.2. The Morgan fingerprint density at radius 3 is 2.18 bits per heavy atom. The Balaban J connectivity index is 1.34. The molecule has 3 aliphatic rings. The lowest BCUT2D eigenvalue weighted by atomic mass is 9.93. The van der Waals surface area contributed by atoms with Crippen LogP contribution in [0.2, 0.25) is 0 Å². The number of benzene rings is 2. The van der Waals surface area contributed by atoms with Crippen molar-refractivity contribution in [3.8, 4) is 0 Å². The van der Waals surface area contributed by atoms with Crippen LogP contribution in [0.4, 0.5) is 5.69 Å². The van der Waals surface area contributed by atoms with Gasteiger partial charge in [0.2, 0.25) is 11.8 Å². The first-order valence-corrected chi connectivity index (χ1v) is 12.5. The molecule has 2 aromatic carbocycles. The van der Waals surface area contributed by atoms with Gasteiger partial charge < -0.3 is 15.5 Å². The topological polar surface area (TPSA) is 61.4 Å². The summed E-state index contributed by atoms with van der Waals surface area (Å²) in [6.07, 6.45) is 4.60. The largest absolute Gasteiger partial charge is 0.345 e. The van der Waals surface area contributed by atoms with E-state index in [0.717, 1.165) is 55.2 Å². The number of anilines is 1. The normalized spacial score (nSPS) is 19.7. The molecule has 0 unspecified atom stereocenters. The Bertz CT molecular complexity index is 1000. The first-order chi connectivity index (χ1) is 16.0. The third kappa shape index (κ3) is 5.30. The maximum atomic E-state index is 13.0. The number of likely N-dealkylation sites (tertiary alicyclic amines) is 1. The van der Waals surface area contributed by atoms with Crippen LogP contribution in [0.3, 0.4) is 0 Å². The van der Waals surface area contributed by atoms with Gasteiger partial charge in [0.1, 0.15) is 0 Å². The summed E-state index contributed by atoms with van der Waals surface area (Å²) in [5.74, 6) is 1.65. The highest BCUT2D eigenvalue weighted by molar-refractivity contribution is 5.94. The van der Waals surface area contributed by atoms with Gasteiger partial charge >= 0.3 is 0 Å². The fourth-order valence-corrected chi connectivity index (χ4v) is 4.67. The minimum absolute atomic E-state index is 0.0432. The van der Waals surface area contributed by atoms with E-state index in [-0.39, 0.29) is 29.7 Å². The average molecular weight is 446 g/mol. The second-order valence-electron chi connectivity index (χ2n) is 10.5. The van der Waals surface area contributed by atoms with Gasteiger partial charge in [-0.2, -0.15) is 0 Å². The monoisotopic (exact) mass is 445 g/mol. The molecule has 1 aliphatic heterocycles. The number of nitrogens with zero attached hydrogens (tertiary/aromatic N) is 1. The van der Waals surface area contributed by atoms with Crippen molar-refractivity contribution in [1.29, 1.82) is 0 Å². The minimum Gasteiger partial charge on any atom is -0.345 e. The molecule has 0 radical (unpaired) electrons. The van der Waals surface area contributed by atoms with E-state index in [9.17, 15) is 9.59 Å². The van der Waals surface area contributed by atoms with Gasteiger partial charge in [0.25, 0.3) is 0 Å². The second kappa shape index (κ2) is 9.30. The van der Waals surface area contributed by atoms with Crippen molar-refractivity contribution in [2.24, 2.45) is 17.8 Å². The van der Waals surface area contributed by atoms with E-state index in [2.05, 4.69) is 53.6 Å². The Kier molecular flexibility index (Phi) is 6.24. The van der Waals surface area contributed by atoms with E-state index in [4.69, 9.17) is 0 Å². The lowest BCUT2D eigenvalue weighted by Crippen LogP contribution is -2.52. The molecule has 2 aliphatic carbocycles. The molecule has 1 heterocycles. The molecule has 5 rings (SSSR count). The number of carbonyl (C=O) groups excluding carboxylic acids is 2. The Morgan fingerprint density at radius 2 is 1.55 bits per heavy atom. The molecule has 5 heteroatoms. The van der Waals surface area contributed by atoms with Crippen LogP contribution in [0.25, 0.3) is 0 Å². The molecule has 33 heavy (non-hydrogen) atoms. The molecule has 1 saturated heterocycles. The zero-order valence-corrected chi connectivity index (χ0v) is 19.7. The Labute approximate surface area is 196 Å². The van der Waals surface area contributed by atoms with Crippen molar-refractivity contribution in [2.45, 2.75) is 51.5 Å². The third-order valence-corrected chi connectivity index (χ3v) is 7.24. The number of hydrogen-bond acceptors (Lipinski definition) is 3. The highest BCUT2D eigenvalue weighted by Gasteiger charge is 2.36. The van der Waals surface area contributed by atoms with Gasteiger partial charge in [0.05, 0.1) is 12.0 Å². The predicted octanol–water partition coefficient (Wildman–Crippen LogP) is 4.71. The van der Waals surface area contributed by atoms with Gasteiger partial charge in [0, 0.05) is 36.8 Å². The molecule has 2 saturated carbocycles. The molecular formula is C28H35N3O2. The van der Waals surface area contributed by atoms with Gasteiger partial charge in [-0.25, -0.2) is 0 Å². The van der Waals surface area contributed by atoms with Crippen LogP contribution < -0.4 is 10.6 Å². The van der Waals surface area contributed by atoms with Crippen LogP contribution in [-0.2, 0) is 9.59 Å². The molecule has 0 spiro atoms. The quantitative estimate of drug-likeness (QED) is 0.588. The van der Waals surface area contributed by atoms with Crippen LogP contribution in [0.5, 0.6) is 0 Å². The smallest absolute Gasteiger partial charge is 0.230 e. The molecule has 0 bridgehead atoms. The Hall–Kier alpha value is -2.66. The van der Waals surface area contributed by atoms with Gasteiger partial charge in [-0.05, 0) is 54.7 Å². The first-order valence-electron chi connectivity index (χ1n) is 12.5. The summed E-state index contributed by atoms with van der Waals surface area (Å²) >= 11 is 0. The summed E-state index contributed by atoms with van der Waals surface area (Å²) in [6, 6.07) is 16.1. The molecule has 5 nitrogen and oxygen atoms in total. The molecule has 3 fully saturated rings. The molecule has 1 atom stereocenters. The van der Waals surface area contributed by atoms with E-state index < -0.39 is 0 Å². The van der Waals surface area contributed by atoms with E-state index in [1.54, 1.807) is 0 Å². The van der Waals surface area contributed by atoms with Crippen LogP contribution in [-0.4, -0.2) is 36.3 Å². The maximum Gasteiger partial charge on any atom is 0.230 e. The van der Waals surface area contributed by atoms with Crippen molar-refractivity contribution in [2.75, 3.05) is 25.0 Å². The first kappa shape index (κ1) is 22.1. The van der Waals surface area contributed by atoms with Gasteiger partial charge in [0.15, 0.2) is 0 Å². The summed E-state index contributed by atoms with van der Waals surface area (Å²) < 4.78 is 0. The predicted molar refractivity (Wildman–Crippen MR) is 131 cm³/mol.